The van der Waals surface area contributed by atoms with Crippen LogP contribution in [0.1, 0.15) is 11.1 Å². The van der Waals surface area contributed by atoms with E-state index >= 15 is 0 Å². The van der Waals surface area contributed by atoms with E-state index in [1.165, 1.54) is 12.3 Å². The summed E-state index contributed by atoms with van der Waals surface area (Å²) in [5.74, 6) is -0.373. The zero-order valence-corrected chi connectivity index (χ0v) is 10.9. The molecule has 0 aliphatic carbocycles. The summed E-state index contributed by atoms with van der Waals surface area (Å²) >= 11 is 11.7. The molecule has 0 radical (unpaired) electrons. The fourth-order valence-electron chi connectivity index (χ4n) is 1.47. The lowest BCUT2D eigenvalue weighted by atomic mass is 10.2. The molecule has 0 amide bonds. The topological polar surface area (TPSA) is 12.4 Å². The molecule has 0 aromatic heterocycles. The van der Waals surface area contributed by atoms with Crippen molar-refractivity contribution in [2.45, 2.75) is 6.54 Å². The molecule has 0 saturated carbocycles. The monoisotopic (exact) mass is 281 g/mol. The van der Waals surface area contributed by atoms with Gasteiger partial charge in [0, 0.05) is 16.8 Å². The standard InChI is InChI=1S/C14H10Cl2FN/c15-11-6-4-10(5-7-11)8-18-9-12-13(16)2-1-3-14(12)17/h1-7,9H,8H2. The van der Waals surface area contributed by atoms with Crippen LogP contribution in [-0.4, -0.2) is 6.21 Å². The van der Waals surface area contributed by atoms with Crippen LogP contribution in [0.25, 0.3) is 0 Å². The van der Waals surface area contributed by atoms with Crippen molar-refractivity contribution in [3.8, 4) is 0 Å². The Kier molecular flexibility index (Phi) is 4.34. The Labute approximate surface area is 115 Å². The third-order valence-electron chi connectivity index (χ3n) is 2.41. The molecule has 2 aromatic rings. The third-order valence-corrected chi connectivity index (χ3v) is 2.99. The van der Waals surface area contributed by atoms with E-state index in [4.69, 9.17) is 23.2 Å². The summed E-state index contributed by atoms with van der Waals surface area (Å²) in [5.41, 5.74) is 1.32. The molecular formula is C14H10Cl2FN. The highest BCUT2D eigenvalue weighted by atomic mass is 35.5. The van der Waals surface area contributed by atoms with Gasteiger partial charge < -0.3 is 0 Å². The average Bonchev–Trinajstić information content (AvgIpc) is 2.35. The van der Waals surface area contributed by atoms with Crippen molar-refractivity contribution >= 4 is 29.4 Å². The lowest BCUT2D eigenvalue weighted by Crippen LogP contribution is -1.90. The summed E-state index contributed by atoms with van der Waals surface area (Å²) in [5, 5.41) is 1.04. The van der Waals surface area contributed by atoms with Crippen LogP contribution in [0.4, 0.5) is 4.39 Å². The number of hydrogen-bond acceptors (Lipinski definition) is 1. The molecule has 0 bridgehead atoms. The van der Waals surface area contributed by atoms with Crippen molar-refractivity contribution in [2.75, 3.05) is 0 Å². The summed E-state index contributed by atoms with van der Waals surface area (Å²) in [6.45, 7) is 0.460. The van der Waals surface area contributed by atoms with Crippen LogP contribution >= 0.6 is 23.2 Å². The van der Waals surface area contributed by atoms with Gasteiger partial charge in [0.25, 0.3) is 0 Å². The molecule has 0 aliphatic rings. The van der Waals surface area contributed by atoms with Gasteiger partial charge in [-0.25, -0.2) is 4.39 Å². The molecule has 2 aromatic carbocycles. The Morgan fingerprint density at radius 3 is 2.44 bits per heavy atom. The minimum absolute atomic E-state index is 0.313. The van der Waals surface area contributed by atoms with Crippen LogP contribution in [0.3, 0.4) is 0 Å². The highest BCUT2D eigenvalue weighted by Crippen LogP contribution is 2.17. The van der Waals surface area contributed by atoms with Crippen LogP contribution < -0.4 is 0 Å². The van der Waals surface area contributed by atoms with Crippen LogP contribution in [0.5, 0.6) is 0 Å². The van der Waals surface area contributed by atoms with E-state index in [1.54, 1.807) is 24.3 Å². The van der Waals surface area contributed by atoms with Gasteiger partial charge in [0.2, 0.25) is 0 Å². The first-order chi connectivity index (χ1) is 8.66. The molecule has 0 saturated heterocycles. The van der Waals surface area contributed by atoms with Gasteiger partial charge in [0.1, 0.15) is 5.82 Å². The van der Waals surface area contributed by atoms with Crippen molar-refractivity contribution in [2.24, 2.45) is 4.99 Å². The molecular weight excluding hydrogens is 272 g/mol. The van der Waals surface area contributed by atoms with Gasteiger partial charge in [-0.3, -0.25) is 4.99 Å². The lowest BCUT2D eigenvalue weighted by molar-refractivity contribution is 0.626. The first-order valence-electron chi connectivity index (χ1n) is 5.35. The molecule has 4 heteroatoms. The molecule has 0 heterocycles. The van der Waals surface area contributed by atoms with E-state index in [-0.39, 0.29) is 5.82 Å². The number of rotatable bonds is 3. The molecule has 0 fully saturated rings. The number of halogens is 3. The second-order valence-corrected chi connectivity index (χ2v) is 4.58. The molecule has 0 unspecified atom stereocenters. The molecule has 0 spiro atoms. The van der Waals surface area contributed by atoms with E-state index in [2.05, 4.69) is 4.99 Å². The Morgan fingerprint density at radius 2 is 1.78 bits per heavy atom. The highest BCUT2D eigenvalue weighted by Gasteiger charge is 2.02. The zero-order chi connectivity index (χ0) is 13.0. The molecule has 0 N–H and O–H groups in total. The van der Waals surface area contributed by atoms with E-state index in [0.29, 0.717) is 22.2 Å². The number of hydrogen-bond donors (Lipinski definition) is 0. The van der Waals surface area contributed by atoms with Crippen molar-refractivity contribution in [1.82, 2.24) is 0 Å². The number of nitrogens with zero attached hydrogens (tertiary/aromatic N) is 1. The second-order valence-electron chi connectivity index (χ2n) is 3.73. The lowest BCUT2D eigenvalue weighted by Gasteiger charge is -2.00. The smallest absolute Gasteiger partial charge is 0.133 e. The van der Waals surface area contributed by atoms with Crippen LogP contribution in [0, 0.1) is 5.82 Å². The van der Waals surface area contributed by atoms with E-state index in [1.807, 2.05) is 12.1 Å². The predicted molar refractivity (Wildman–Crippen MR) is 74.2 cm³/mol. The fourth-order valence-corrected chi connectivity index (χ4v) is 1.80. The van der Waals surface area contributed by atoms with Crippen LogP contribution in [0.2, 0.25) is 10.0 Å². The van der Waals surface area contributed by atoms with Crippen molar-refractivity contribution in [3.05, 3.63) is 69.5 Å². The maximum Gasteiger partial charge on any atom is 0.133 e. The quantitative estimate of drug-likeness (QED) is 0.720. The zero-order valence-electron chi connectivity index (χ0n) is 9.41. The van der Waals surface area contributed by atoms with Crippen LogP contribution in [-0.2, 0) is 6.54 Å². The predicted octanol–water partition coefficient (Wildman–Crippen LogP) is 4.75. The largest absolute Gasteiger partial charge is 0.288 e. The number of benzene rings is 2. The normalized spacial score (nSPS) is 11.1. The Hall–Kier alpha value is -1.38. The Bertz CT molecular complexity index is 544. The Morgan fingerprint density at radius 1 is 1.06 bits per heavy atom. The van der Waals surface area contributed by atoms with Gasteiger partial charge in [0.15, 0.2) is 0 Å². The van der Waals surface area contributed by atoms with E-state index in [0.717, 1.165) is 5.56 Å². The van der Waals surface area contributed by atoms with Gasteiger partial charge >= 0.3 is 0 Å². The van der Waals surface area contributed by atoms with Gasteiger partial charge in [-0.05, 0) is 29.8 Å². The first-order valence-corrected chi connectivity index (χ1v) is 6.10. The fraction of sp³-hybridized carbons (Fsp3) is 0.0714. The molecule has 0 atom stereocenters. The summed E-state index contributed by atoms with van der Waals surface area (Å²) in [4.78, 5) is 4.17. The highest BCUT2D eigenvalue weighted by molar-refractivity contribution is 6.33. The van der Waals surface area contributed by atoms with Gasteiger partial charge in [-0.1, -0.05) is 41.4 Å². The van der Waals surface area contributed by atoms with Crippen LogP contribution in [0.15, 0.2) is 47.5 Å². The van der Waals surface area contributed by atoms with Crippen molar-refractivity contribution < 1.29 is 4.39 Å². The van der Waals surface area contributed by atoms with Gasteiger partial charge in [-0.2, -0.15) is 0 Å². The van der Waals surface area contributed by atoms with E-state index < -0.39 is 0 Å². The van der Waals surface area contributed by atoms with Gasteiger partial charge in [0.05, 0.1) is 11.6 Å². The maximum absolute atomic E-state index is 13.4. The average molecular weight is 282 g/mol. The minimum Gasteiger partial charge on any atom is -0.288 e. The summed E-state index contributed by atoms with van der Waals surface area (Å²) < 4.78 is 13.4. The third kappa shape index (κ3) is 3.31. The van der Waals surface area contributed by atoms with Crippen molar-refractivity contribution in [3.63, 3.8) is 0 Å². The molecule has 1 nitrogen and oxygen atoms in total. The summed E-state index contributed by atoms with van der Waals surface area (Å²) in [7, 11) is 0. The van der Waals surface area contributed by atoms with Crippen molar-refractivity contribution in [1.29, 1.82) is 0 Å². The molecule has 0 aliphatic heterocycles. The first kappa shape index (κ1) is 13.1. The maximum atomic E-state index is 13.4. The SMILES string of the molecule is Fc1cccc(Cl)c1C=NCc1ccc(Cl)cc1. The summed E-state index contributed by atoms with van der Waals surface area (Å²) in [6, 6.07) is 11.9. The van der Waals surface area contributed by atoms with Gasteiger partial charge in [-0.15, -0.1) is 0 Å². The molecule has 2 rings (SSSR count). The molecule has 92 valence electrons. The second kappa shape index (κ2) is 5.98. The molecule has 18 heavy (non-hydrogen) atoms. The Balaban J connectivity index is 2.10. The summed E-state index contributed by atoms with van der Waals surface area (Å²) in [6.07, 6.45) is 1.45. The van der Waals surface area contributed by atoms with E-state index in [9.17, 15) is 4.39 Å². The minimum atomic E-state index is -0.373. The number of aliphatic imine (C=N–C) groups is 1.